The van der Waals surface area contributed by atoms with E-state index in [1.165, 1.54) is 0 Å². The van der Waals surface area contributed by atoms with Crippen molar-refractivity contribution in [1.29, 1.82) is 0 Å². The monoisotopic (exact) mass is 406 g/mol. The van der Waals surface area contributed by atoms with Crippen molar-refractivity contribution in [2.24, 2.45) is 0 Å². The zero-order valence-corrected chi connectivity index (χ0v) is 17.5. The number of rotatable bonds is 3. The van der Waals surface area contributed by atoms with Crippen molar-refractivity contribution in [2.45, 2.75) is 26.4 Å². The maximum absolute atomic E-state index is 12.2. The minimum absolute atomic E-state index is 0.248. The molecule has 1 aliphatic heterocycles. The van der Waals surface area contributed by atoms with E-state index in [0.717, 1.165) is 47.1 Å². The average molecular weight is 406 g/mol. The molecule has 7 nitrogen and oxygen atoms in total. The molecule has 30 heavy (non-hydrogen) atoms. The molecule has 4 rings (SSSR count). The van der Waals surface area contributed by atoms with Crippen molar-refractivity contribution in [2.75, 3.05) is 31.1 Å². The summed E-state index contributed by atoms with van der Waals surface area (Å²) >= 11 is 0. The Hall–Kier alpha value is -3.35. The highest BCUT2D eigenvalue weighted by Gasteiger charge is 2.25. The van der Waals surface area contributed by atoms with Crippen molar-refractivity contribution in [3.05, 3.63) is 48.2 Å². The highest BCUT2D eigenvalue weighted by Crippen LogP contribution is 2.27. The number of anilines is 1. The van der Waals surface area contributed by atoms with Crippen LogP contribution >= 0.6 is 0 Å². The Labute approximate surface area is 175 Å². The first-order chi connectivity index (χ1) is 14.3. The smallest absolute Gasteiger partial charge is 0.410 e. The van der Waals surface area contributed by atoms with E-state index in [1.54, 1.807) is 4.90 Å². The number of aromatic amines is 1. The average Bonchev–Trinajstić information content (AvgIpc) is 3.15. The molecule has 0 atom stereocenters. The lowest BCUT2D eigenvalue weighted by Crippen LogP contribution is -2.50. The Morgan fingerprint density at radius 3 is 2.33 bits per heavy atom. The van der Waals surface area contributed by atoms with E-state index >= 15 is 0 Å². The maximum atomic E-state index is 12.2. The van der Waals surface area contributed by atoms with Gasteiger partial charge in [-0.1, -0.05) is 18.2 Å². The second kappa shape index (κ2) is 7.82. The minimum atomic E-state index is -0.476. The van der Waals surface area contributed by atoms with Crippen LogP contribution in [0.15, 0.2) is 42.5 Å². The van der Waals surface area contributed by atoms with Crippen LogP contribution in [0.25, 0.3) is 22.0 Å². The predicted octanol–water partition coefficient (Wildman–Crippen LogP) is 4.10. The zero-order chi connectivity index (χ0) is 21.3. The van der Waals surface area contributed by atoms with Gasteiger partial charge < -0.3 is 14.5 Å². The van der Waals surface area contributed by atoms with Gasteiger partial charge in [-0.2, -0.15) is 5.10 Å². The van der Waals surface area contributed by atoms with Crippen LogP contribution in [0.4, 0.5) is 10.5 Å². The normalized spacial score (nSPS) is 14.8. The van der Waals surface area contributed by atoms with Crippen molar-refractivity contribution >= 4 is 29.0 Å². The lowest BCUT2D eigenvalue weighted by molar-refractivity contribution is 0.0240. The molecule has 1 N–H and O–H groups in total. The van der Waals surface area contributed by atoms with Gasteiger partial charge in [-0.05, 0) is 56.2 Å². The number of hydrogen-bond acceptors (Lipinski definition) is 5. The molecule has 2 heterocycles. The number of aromatic nitrogens is 2. The number of ether oxygens (including phenoxy) is 1. The summed E-state index contributed by atoms with van der Waals surface area (Å²) in [5, 5.41) is 7.72. The van der Waals surface area contributed by atoms with Gasteiger partial charge in [-0.15, -0.1) is 0 Å². The number of benzene rings is 2. The van der Waals surface area contributed by atoms with Gasteiger partial charge in [0.1, 0.15) is 11.3 Å². The van der Waals surface area contributed by atoms with Gasteiger partial charge in [0.2, 0.25) is 0 Å². The highest BCUT2D eigenvalue weighted by atomic mass is 16.6. The number of aldehydes is 1. The number of hydrogen-bond donors (Lipinski definition) is 1. The van der Waals surface area contributed by atoms with E-state index in [2.05, 4.69) is 39.4 Å². The van der Waals surface area contributed by atoms with Crippen LogP contribution in [0, 0.1) is 0 Å². The quantitative estimate of drug-likeness (QED) is 0.663. The Morgan fingerprint density at radius 2 is 1.70 bits per heavy atom. The number of H-pyrrole nitrogens is 1. The van der Waals surface area contributed by atoms with Crippen LogP contribution in [-0.2, 0) is 4.74 Å². The summed E-state index contributed by atoms with van der Waals surface area (Å²) in [5.74, 6) is 0. The van der Waals surface area contributed by atoms with Gasteiger partial charge in [-0.3, -0.25) is 9.89 Å². The van der Waals surface area contributed by atoms with Gasteiger partial charge in [0.15, 0.2) is 6.29 Å². The maximum Gasteiger partial charge on any atom is 0.410 e. The number of piperazine rings is 1. The fraction of sp³-hybridized carbons (Fsp3) is 0.348. The summed E-state index contributed by atoms with van der Waals surface area (Å²) in [7, 11) is 0. The Morgan fingerprint density at radius 1 is 1.03 bits per heavy atom. The van der Waals surface area contributed by atoms with Gasteiger partial charge >= 0.3 is 6.09 Å². The lowest BCUT2D eigenvalue weighted by atomic mass is 10.0. The Bertz CT molecular complexity index is 1060. The summed E-state index contributed by atoms with van der Waals surface area (Å²) < 4.78 is 5.46. The van der Waals surface area contributed by atoms with E-state index in [9.17, 15) is 9.59 Å². The van der Waals surface area contributed by atoms with Crippen LogP contribution in [0.3, 0.4) is 0 Å². The molecule has 1 fully saturated rings. The molecule has 2 aromatic carbocycles. The fourth-order valence-corrected chi connectivity index (χ4v) is 3.64. The molecule has 3 aromatic rings. The van der Waals surface area contributed by atoms with Gasteiger partial charge in [0, 0.05) is 37.3 Å². The molecule has 0 aliphatic carbocycles. The summed E-state index contributed by atoms with van der Waals surface area (Å²) in [6.45, 7) is 8.46. The summed E-state index contributed by atoms with van der Waals surface area (Å²) in [6.07, 6.45) is 0.543. The van der Waals surface area contributed by atoms with Crippen LogP contribution in [0.2, 0.25) is 0 Å². The first-order valence-corrected chi connectivity index (χ1v) is 10.1. The Kier molecular flexibility index (Phi) is 5.20. The first-order valence-electron chi connectivity index (χ1n) is 10.1. The van der Waals surface area contributed by atoms with Gasteiger partial charge in [-0.25, -0.2) is 4.79 Å². The summed E-state index contributed by atoms with van der Waals surface area (Å²) in [6, 6.07) is 14.3. The van der Waals surface area contributed by atoms with Crippen molar-refractivity contribution in [1.82, 2.24) is 15.1 Å². The number of amides is 1. The molecule has 156 valence electrons. The number of nitrogens with zero attached hydrogens (tertiary/aromatic N) is 3. The SMILES string of the molecule is CC(C)(C)OC(=O)N1CCN(c2ccc(-c3ccc4n[nH]c(C=O)c4c3)cc2)CC1. The molecule has 0 saturated carbocycles. The van der Waals surface area contributed by atoms with Crippen LogP contribution in [0.5, 0.6) is 0 Å². The lowest BCUT2D eigenvalue weighted by Gasteiger charge is -2.36. The van der Waals surface area contributed by atoms with Crippen molar-refractivity contribution in [3.8, 4) is 11.1 Å². The third-order valence-corrected chi connectivity index (χ3v) is 5.20. The number of nitrogens with one attached hydrogen (secondary N) is 1. The molecule has 7 heteroatoms. The number of fused-ring (bicyclic) bond motifs is 1. The zero-order valence-electron chi connectivity index (χ0n) is 17.5. The van der Waals surface area contributed by atoms with E-state index in [-0.39, 0.29) is 6.09 Å². The van der Waals surface area contributed by atoms with Crippen molar-refractivity contribution < 1.29 is 14.3 Å². The molecule has 0 radical (unpaired) electrons. The number of carbonyl (C=O) groups is 2. The van der Waals surface area contributed by atoms with Crippen LogP contribution in [0.1, 0.15) is 31.3 Å². The fourth-order valence-electron chi connectivity index (χ4n) is 3.64. The first kappa shape index (κ1) is 19.9. The van der Waals surface area contributed by atoms with E-state index < -0.39 is 5.60 Å². The molecule has 0 bridgehead atoms. The molecule has 1 aromatic heterocycles. The largest absolute Gasteiger partial charge is 0.444 e. The van der Waals surface area contributed by atoms with E-state index in [0.29, 0.717) is 18.8 Å². The molecule has 1 amide bonds. The Balaban J connectivity index is 1.43. The molecular weight excluding hydrogens is 380 g/mol. The topological polar surface area (TPSA) is 78.5 Å². The third kappa shape index (κ3) is 4.15. The molecule has 0 unspecified atom stereocenters. The van der Waals surface area contributed by atoms with E-state index in [4.69, 9.17) is 4.74 Å². The van der Waals surface area contributed by atoms with Crippen molar-refractivity contribution in [3.63, 3.8) is 0 Å². The minimum Gasteiger partial charge on any atom is -0.444 e. The predicted molar refractivity (Wildman–Crippen MR) is 117 cm³/mol. The number of carbonyl (C=O) groups excluding carboxylic acids is 2. The standard InChI is InChI=1S/C23H26N4O3/c1-23(2,3)30-22(29)27-12-10-26(11-13-27)18-7-4-16(5-8-18)17-6-9-20-19(14-17)21(15-28)25-24-20/h4-9,14-15H,10-13H2,1-3H3,(H,24,25). The molecule has 1 saturated heterocycles. The summed E-state index contributed by atoms with van der Waals surface area (Å²) in [5.41, 5.74) is 4.03. The molecule has 1 aliphatic rings. The third-order valence-electron chi connectivity index (χ3n) is 5.20. The van der Waals surface area contributed by atoms with Crippen LogP contribution < -0.4 is 4.90 Å². The van der Waals surface area contributed by atoms with E-state index in [1.807, 2.05) is 39.0 Å². The van der Waals surface area contributed by atoms with Crippen LogP contribution in [-0.4, -0.2) is 59.3 Å². The molecule has 0 spiro atoms. The molecular formula is C23H26N4O3. The second-order valence-electron chi connectivity index (χ2n) is 8.49. The van der Waals surface area contributed by atoms with Gasteiger partial charge in [0.25, 0.3) is 0 Å². The highest BCUT2D eigenvalue weighted by molar-refractivity contribution is 5.97. The second-order valence-corrected chi connectivity index (χ2v) is 8.49. The summed E-state index contributed by atoms with van der Waals surface area (Å²) in [4.78, 5) is 27.4. The van der Waals surface area contributed by atoms with Gasteiger partial charge in [0.05, 0.1) is 5.52 Å².